The van der Waals surface area contributed by atoms with E-state index in [1.165, 1.54) is 0 Å². The van der Waals surface area contributed by atoms with Crippen LogP contribution >= 0.6 is 23.1 Å². The Morgan fingerprint density at radius 2 is 2.24 bits per heavy atom. The third kappa shape index (κ3) is 2.13. The highest BCUT2D eigenvalue weighted by Crippen LogP contribution is 2.35. The summed E-state index contributed by atoms with van der Waals surface area (Å²) in [5, 5.41) is 3.86. The maximum Gasteiger partial charge on any atom is 0.231 e. The van der Waals surface area contributed by atoms with E-state index >= 15 is 0 Å². The van der Waals surface area contributed by atoms with Crippen LogP contribution in [0.4, 0.5) is 0 Å². The van der Waals surface area contributed by atoms with Gasteiger partial charge in [-0.2, -0.15) is 0 Å². The van der Waals surface area contributed by atoms with E-state index in [1.807, 2.05) is 0 Å². The molecule has 1 aromatic heterocycles. The lowest BCUT2D eigenvalue weighted by Gasteiger charge is -2.04. The molecule has 0 aliphatic carbocycles. The normalized spacial score (nSPS) is 12.8. The number of benzene rings is 1. The Labute approximate surface area is 106 Å². The van der Waals surface area contributed by atoms with Gasteiger partial charge in [-0.1, -0.05) is 16.1 Å². The number of ether oxygens (including phenoxy) is 3. The molecule has 0 unspecified atom stereocenters. The van der Waals surface area contributed by atoms with Gasteiger partial charge in [0.05, 0.1) is 0 Å². The first-order valence-corrected chi connectivity index (χ1v) is 5.97. The highest BCUT2D eigenvalue weighted by atomic mass is 35.5. The summed E-state index contributed by atoms with van der Waals surface area (Å²) in [6.07, 6.45) is 0. The van der Waals surface area contributed by atoms with Gasteiger partial charge in [-0.05, 0) is 12.1 Å². The minimum atomic E-state index is 0.251. The predicted molar refractivity (Wildman–Crippen MR) is 61.8 cm³/mol. The zero-order valence-electron chi connectivity index (χ0n) is 8.55. The third-order valence-electron chi connectivity index (χ3n) is 2.23. The van der Waals surface area contributed by atoms with E-state index in [-0.39, 0.29) is 13.4 Å². The van der Waals surface area contributed by atoms with Crippen LogP contribution in [0.3, 0.4) is 0 Å². The molecule has 0 atom stereocenters. The third-order valence-corrected chi connectivity index (χ3v) is 3.21. The molecule has 0 saturated heterocycles. The Morgan fingerprint density at radius 3 is 3.06 bits per heavy atom. The van der Waals surface area contributed by atoms with Crippen LogP contribution in [0.25, 0.3) is 0 Å². The van der Waals surface area contributed by atoms with Gasteiger partial charge >= 0.3 is 0 Å². The van der Waals surface area contributed by atoms with Crippen LogP contribution in [0.2, 0.25) is 4.34 Å². The fourth-order valence-electron chi connectivity index (χ4n) is 1.40. The van der Waals surface area contributed by atoms with Crippen molar-refractivity contribution in [2.45, 2.75) is 6.61 Å². The van der Waals surface area contributed by atoms with Crippen LogP contribution in [0.1, 0.15) is 5.69 Å². The summed E-state index contributed by atoms with van der Waals surface area (Å²) in [6.45, 7) is 0.537. The second kappa shape index (κ2) is 4.38. The summed E-state index contributed by atoms with van der Waals surface area (Å²) >= 11 is 7.01. The molecular weight excluding hydrogens is 264 g/mol. The topological polar surface area (TPSA) is 53.5 Å². The molecule has 0 fully saturated rings. The van der Waals surface area contributed by atoms with E-state index < -0.39 is 0 Å². The second-order valence-corrected chi connectivity index (χ2v) is 4.65. The van der Waals surface area contributed by atoms with Crippen molar-refractivity contribution in [2.24, 2.45) is 0 Å². The summed E-state index contributed by atoms with van der Waals surface area (Å²) in [7, 11) is 0. The SMILES string of the molecule is Clc1snnc1COc1ccc2c(c1)OCO2. The lowest BCUT2D eigenvalue weighted by molar-refractivity contribution is 0.173. The van der Waals surface area contributed by atoms with Gasteiger partial charge in [0.2, 0.25) is 6.79 Å². The van der Waals surface area contributed by atoms with Crippen LogP contribution < -0.4 is 14.2 Å². The molecule has 0 radical (unpaired) electrons. The number of rotatable bonds is 3. The predicted octanol–water partition coefficient (Wildman–Crippen LogP) is 2.50. The molecule has 2 heterocycles. The molecule has 0 bridgehead atoms. The van der Waals surface area contributed by atoms with Gasteiger partial charge in [-0.15, -0.1) is 5.10 Å². The van der Waals surface area contributed by atoms with Crippen LogP contribution in [-0.4, -0.2) is 16.4 Å². The molecule has 0 N–H and O–H groups in total. The molecular formula is C10H7ClN2O3S. The lowest BCUT2D eigenvalue weighted by Crippen LogP contribution is -1.96. The average Bonchev–Trinajstić information content (AvgIpc) is 2.94. The monoisotopic (exact) mass is 270 g/mol. The maximum absolute atomic E-state index is 5.87. The van der Waals surface area contributed by atoms with Crippen molar-refractivity contribution in [2.75, 3.05) is 6.79 Å². The number of hydrogen-bond acceptors (Lipinski definition) is 6. The standard InChI is InChI=1S/C10H7ClN2O3S/c11-10-7(12-13-17-10)4-14-6-1-2-8-9(3-6)16-5-15-8/h1-3H,4-5H2. The molecule has 5 nitrogen and oxygen atoms in total. The van der Waals surface area contributed by atoms with E-state index in [4.69, 9.17) is 25.8 Å². The molecule has 1 aliphatic rings. The highest BCUT2D eigenvalue weighted by molar-refractivity contribution is 7.10. The van der Waals surface area contributed by atoms with E-state index in [2.05, 4.69) is 9.59 Å². The number of fused-ring (bicyclic) bond motifs is 1. The summed E-state index contributed by atoms with van der Waals surface area (Å²) < 4.78 is 20.3. The van der Waals surface area contributed by atoms with Gasteiger partial charge in [0, 0.05) is 17.6 Å². The first-order chi connectivity index (χ1) is 8.33. The van der Waals surface area contributed by atoms with E-state index in [9.17, 15) is 0 Å². The first kappa shape index (κ1) is 10.6. The zero-order chi connectivity index (χ0) is 11.7. The Bertz CT molecular complexity index is 546. The van der Waals surface area contributed by atoms with Crippen LogP contribution in [-0.2, 0) is 6.61 Å². The van der Waals surface area contributed by atoms with E-state index in [1.54, 1.807) is 18.2 Å². The fraction of sp³-hybridized carbons (Fsp3) is 0.200. The number of halogens is 1. The van der Waals surface area contributed by atoms with Crippen molar-refractivity contribution in [3.63, 3.8) is 0 Å². The quantitative estimate of drug-likeness (QED) is 0.858. The Hall–Kier alpha value is -1.53. The molecule has 3 rings (SSSR count). The molecule has 1 aliphatic heterocycles. The zero-order valence-corrected chi connectivity index (χ0v) is 10.1. The number of aromatic nitrogens is 2. The molecule has 0 saturated carbocycles. The molecule has 88 valence electrons. The Morgan fingerprint density at radius 1 is 1.35 bits per heavy atom. The van der Waals surface area contributed by atoms with Gasteiger partial charge < -0.3 is 14.2 Å². The summed E-state index contributed by atoms with van der Waals surface area (Å²) in [5.41, 5.74) is 0.634. The van der Waals surface area contributed by atoms with Gasteiger partial charge in [0.15, 0.2) is 11.5 Å². The van der Waals surface area contributed by atoms with Crippen LogP contribution in [0.15, 0.2) is 18.2 Å². The average molecular weight is 271 g/mol. The van der Waals surface area contributed by atoms with Gasteiger partial charge in [0.25, 0.3) is 0 Å². The van der Waals surface area contributed by atoms with Gasteiger partial charge in [-0.25, -0.2) is 0 Å². The largest absolute Gasteiger partial charge is 0.487 e. The van der Waals surface area contributed by atoms with Crippen molar-refractivity contribution in [3.8, 4) is 17.2 Å². The van der Waals surface area contributed by atoms with Crippen molar-refractivity contribution in [1.29, 1.82) is 0 Å². The summed E-state index contributed by atoms with van der Waals surface area (Å²) in [5.74, 6) is 2.09. The molecule has 0 amide bonds. The molecule has 2 aromatic rings. The van der Waals surface area contributed by atoms with E-state index in [0.29, 0.717) is 21.5 Å². The van der Waals surface area contributed by atoms with Crippen molar-refractivity contribution >= 4 is 23.1 Å². The number of nitrogens with zero attached hydrogens (tertiary/aromatic N) is 2. The van der Waals surface area contributed by atoms with Crippen molar-refractivity contribution in [1.82, 2.24) is 9.59 Å². The minimum absolute atomic E-state index is 0.251. The smallest absolute Gasteiger partial charge is 0.231 e. The molecule has 17 heavy (non-hydrogen) atoms. The van der Waals surface area contributed by atoms with E-state index in [0.717, 1.165) is 17.3 Å². The lowest BCUT2D eigenvalue weighted by atomic mass is 10.3. The fourth-order valence-corrected chi connectivity index (χ4v) is 2.00. The van der Waals surface area contributed by atoms with Gasteiger partial charge in [0.1, 0.15) is 22.4 Å². The van der Waals surface area contributed by atoms with Crippen molar-refractivity contribution < 1.29 is 14.2 Å². The van der Waals surface area contributed by atoms with Crippen LogP contribution in [0, 0.1) is 0 Å². The highest BCUT2D eigenvalue weighted by Gasteiger charge is 2.14. The summed E-state index contributed by atoms with van der Waals surface area (Å²) in [6, 6.07) is 5.38. The molecule has 7 heteroatoms. The molecule has 1 aromatic carbocycles. The second-order valence-electron chi connectivity index (χ2n) is 3.30. The number of hydrogen-bond donors (Lipinski definition) is 0. The summed E-state index contributed by atoms with van der Waals surface area (Å²) in [4.78, 5) is 0. The Kier molecular flexibility index (Phi) is 2.74. The maximum atomic E-state index is 5.87. The Balaban J connectivity index is 1.72. The van der Waals surface area contributed by atoms with Gasteiger partial charge in [-0.3, -0.25) is 0 Å². The van der Waals surface area contributed by atoms with Crippen molar-refractivity contribution in [3.05, 3.63) is 28.2 Å². The minimum Gasteiger partial charge on any atom is -0.487 e. The van der Waals surface area contributed by atoms with Crippen LogP contribution in [0.5, 0.6) is 17.2 Å². The molecule has 0 spiro atoms. The first-order valence-electron chi connectivity index (χ1n) is 4.82.